The summed E-state index contributed by atoms with van der Waals surface area (Å²) in [5.41, 5.74) is 11.5. The SMILES string of the molecule is Cc1ccc(-c2cc(-c3ccccc3)c(C(N)=O)c(C)n2)cc1. The van der Waals surface area contributed by atoms with Crippen LogP contribution in [-0.4, -0.2) is 10.9 Å². The third kappa shape index (κ3) is 2.99. The first kappa shape index (κ1) is 15.0. The topological polar surface area (TPSA) is 56.0 Å². The number of hydrogen-bond acceptors (Lipinski definition) is 2. The summed E-state index contributed by atoms with van der Waals surface area (Å²) in [6.45, 7) is 3.87. The predicted molar refractivity (Wildman–Crippen MR) is 93.1 cm³/mol. The van der Waals surface area contributed by atoms with Gasteiger partial charge in [0.25, 0.3) is 5.91 Å². The van der Waals surface area contributed by atoms with Crippen molar-refractivity contribution < 1.29 is 4.79 Å². The van der Waals surface area contributed by atoms with Crippen molar-refractivity contribution >= 4 is 5.91 Å². The number of primary amides is 1. The van der Waals surface area contributed by atoms with E-state index in [4.69, 9.17) is 5.73 Å². The first-order valence-electron chi connectivity index (χ1n) is 7.50. The van der Waals surface area contributed by atoms with Crippen LogP contribution in [0.2, 0.25) is 0 Å². The molecule has 0 bridgehead atoms. The molecule has 2 aromatic carbocycles. The Morgan fingerprint density at radius 2 is 1.57 bits per heavy atom. The normalized spacial score (nSPS) is 10.5. The number of carbonyl (C=O) groups is 1. The van der Waals surface area contributed by atoms with E-state index >= 15 is 0 Å². The number of hydrogen-bond donors (Lipinski definition) is 1. The number of pyridine rings is 1. The maximum Gasteiger partial charge on any atom is 0.251 e. The smallest absolute Gasteiger partial charge is 0.251 e. The van der Waals surface area contributed by atoms with Gasteiger partial charge in [0.2, 0.25) is 0 Å². The number of nitrogens with two attached hydrogens (primary N) is 1. The highest BCUT2D eigenvalue weighted by Gasteiger charge is 2.16. The molecule has 0 radical (unpaired) electrons. The highest BCUT2D eigenvalue weighted by atomic mass is 16.1. The molecule has 0 saturated heterocycles. The minimum Gasteiger partial charge on any atom is -0.366 e. The zero-order valence-corrected chi connectivity index (χ0v) is 13.2. The lowest BCUT2D eigenvalue weighted by Crippen LogP contribution is -2.15. The van der Waals surface area contributed by atoms with Crippen LogP contribution in [0.1, 0.15) is 21.6 Å². The Hall–Kier alpha value is -2.94. The Balaban J connectivity index is 2.23. The largest absolute Gasteiger partial charge is 0.366 e. The predicted octanol–water partition coefficient (Wildman–Crippen LogP) is 4.13. The summed E-state index contributed by atoms with van der Waals surface area (Å²) >= 11 is 0. The van der Waals surface area contributed by atoms with E-state index in [1.807, 2.05) is 62.4 Å². The average molecular weight is 302 g/mol. The van der Waals surface area contributed by atoms with Crippen molar-refractivity contribution in [2.24, 2.45) is 5.73 Å². The number of aryl methyl sites for hydroxylation is 2. The van der Waals surface area contributed by atoms with Crippen LogP contribution < -0.4 is 5.73 Å². The lowest BCUT2D eigenvalue weighted by Gasteiger charge is -2.13. The maximum absolute atomic E-state index is 11.9. The van der Waals surface area contributed by atoms with E-state index in [2.05, 4.69) is 17.1 Å². The zero-order valence-electron chi connectivity index (χ0n) is 13.2. The third-order valence-corrected chi connectivity index (χ3v) is 3.88. The van der Waals surface area contributed by atoms with Crippen LogP contribution in [0.4, 0.5) is 0 Å². The van der Waals surface area contributed by atoms with Crippen molar-refractivity contribution in [3.05, 3.63) is 77.5 Å². The van der Waals surface area contributed by atoms with E-state index in [0.717, 1.165) is 22.4 Å². The molecule has 0 fully saturated rings. The van der Waals surface area contributed by atoms with Crippen LogP contribution in [0.5, 0.6) is 0 Å². The minimum atomic E-state index is -0.454. The van der Waals surface area contributed by atoms with Gasteiger partial charge in [0.05, 0.1) is 17.0 Å². The fourth-order valence-corrected chi connectivity index (χ4v) is 2.70. The molecule has 3 heteroatoms. The molecule has 0 unspecified atom stereocenters. The molecule has 0 atom stereocenters. The Labute approximate surface area is 135 Å². The second kappa shape index (κ2) is 6.05. The summed E-state index contributed by atoms with van der Waals surface area (Å²) in [5, 5.41) is 0. The monoisotopic (exact) mass is 302 g/mol. The molecule has 1 aromatic heterocycles. The van der Waals surface area contributed by atoms with E-state index in [-0.39, 0.29) is 0 Å². The van der Waals surface area contributed by atoms with Crippen LogP contribution >= 0.6 is 0 Å². The summed E-state index contributed by atoms with van der Waals surface area (Å²) < 4.78 is 0. The molecule has 1 heterocycles. The van der Waals surface area contributed by atoms with Gasteiger partial charge in [-0.05, 0) is 31.0 Å². The van der Waals surface area contributed by atoms with Gasteiger partial charge in [0.1, 0.15) is 0 Å². The van der Waals surface area contributed by atoms with Gasteiger partial charge in [-0.25, -0.2) is 0 Å². The van der Waals surface area contributed by atoms with Crippen LogP contribution in [0.25, 0.3) is 22.4 Å². The molecule has 0 aliphatic rings. The average Bonchev–Trinajstić information content (AvgIpc) is 2.55. The van der Waals surface area contributed by atoms with Gasteiger partial charge in [-0.1, -0.05) is 60.2 Å². The Bertz CT molecular complexity index is 853. The summed E-state index contributed by atoms with van der Waals surface area (Å²) in [4.78, 5) is 16.5. The van der Waals surface area contributed by atoms with Crippen molar-refractivity contribution in [2.45, 2.75) is 13.8 Å². The summed E-state index contributed by atoms with van der Waals surface area (Å²) in [6.07, 6.45) is 0. The molecule has 1 amide bonds. The van der Waals surface area contributed by atoms with Crippen molar-refractivity contribution in [2.75, 3.05) is 0 Å². The molecule has 23 heavy (non-hydrogen) atoms. The number of rotatable bonds is 3. The quantitative estimate of drug-likeness (QED) is 0.790. The second-order valence-electron chi connectivity index (χ2n) is 5.61. The fourth-order valence-electron chi connectivity index (χ4n) is 2.70. The Kier molecular flexibility index (Phi) is 3.94. The van der Waals surface area contributed by atoms with E-state index in [0.29, 0.717) is 11.3 Å². The van der Waals surface area contributed by atoms with E-state index in [9.17, 15) is 4.79 Å². The van der Waals surface area contributed by atoms with Crippen molar-refractivity contribution in [3.63, 3.8) is 0 Å². The standard InChI is InChI=1S/C20H18N2O/c1-13-8-10-16(11-9-13)18-12-17(15-6-4-3-5-7-15)19(20(21)23)14(2)22-18/h3-12H,1-2H3,(H2,21,23). The van der Waals surface area contributed by atoms with Gasteiger partial charge < -0.3 is 5.73 Å². The molecule has 3 nitrogen and oxygen atoms in total. The third-order valence-electron chi connectivity index (χ3n) is 3.88. The number of nitrogens with zero attached hydrogens (tertiary/aromatic N) is 1. The van der Waals surface area contributed by atoms with E-state index in [1.165, 1.54) is 5.56 Å². The number of aromatic nitrogens is 1. The lowest BCUT2D eigenvalue weighted by atomic mass is 9.96. The van der Waals surface area contributed by atoms with Crippen LogP contribution in [0.3, 0.4) is 0 Å². The van der Waals surface area contributed by atoms with Crippen LogP contribution in [0.15, 0.2) is 60.7 Å². The van der Waals surface area contributed by atoms with Gasteiger partial charge in [-0.15, -0.1) is 0 Å². The Morgan fingerprint density at radius 3 is 2.17 bits per heavy atom. The van der Waals surface area contributed by atoms with E-state index < -0.39 is 5.91 Å². The minimum absolute atomic E-state index is 0.454. The molecule has 114 valence electrons. The number of amides is 1. The molecule has 3 rings (SSSR count). The lowest BCUT2D eigenvalue weighted by molar-refractivity contribution is 0.1000. The van der Waals surface area contributed by atoms with Crippen LogP contribution in [0, 0.1) is 13.8 Å². The molecule has 2 N–H and O–H groups in total. The molecule has 0 aliphatic carbocycles. The number of benzene rings is 2. The number of carbonyl (C=O) groups excluding carboxylic acids is 1. The summed E-state index contributed by atoms with van der Waals surface area (Å²) in [7, 11) is 0. The zero-order chi connectivity index (χ0) is 16.4. The van der Waals surface area contributed by atoms with Gasteiger partial charge in [0, 0.05) is 5.56 Å². The van der Waals surface area contributed by atoms with Crippen molar-refractivity contribution in [1.82, 2.24) is 4.98 Å². The molecular formula is C20H18N2O. The molecule has 0 saturated carbocycles. The van der Waals surface area contributed by atoms with Gasteiger partial charge in [-0.2, -0.15) is 0 Å². The fraction of sp³-hybridized carbons (Fsp3) is 0.100. The molecule has 0 spiro atoms. The molecule has 3 aromatic rings. The maximum atomic E-state index is 11.9. The summed E-state index contributed by atoms with van der Waals surface area (Å²) in [6, 6.07) is 19.9. The molecular weight excluding hydrogens is 284 g/mol. The first-order chi connectivity index (χ1) is 11.1. The van der Waals surface area contributed by atoms with Crippen molar-refractivity contribution in [1.29, 1.82) is 0 Å². The summed E-state index contributed by atoms with van der Waals surface area (Å²) in [5.74, 6) is -0.454. The Morgan fingerprint density at radius 1 is 0.913 bits per heavy atom. The van der Waals surface area contributed by atoms with Gasteiger partial charge in [-0.3, -0.25) is 9.78 Å². The molecule has 0 aliphatic heterocycles. The first-order valence-corrected chi connectivity index (χ1v) is 7.50. The van der Waals surface area contributed by atoms with Crippen LogP contribution in [-0.2, 0) is 0 Å². The van der Waals surface area contributed by atoms with E-state index in [1.54, 1.807) is 0 Å². The van der Waals surface area contributed by atoms with Gasteiger partial charge in [0.15, 0.2) is 0 Å². The van der Waals surface area contributed by atoms with Gasteiger partial charge >= 0.3 is 0 Å². The highest BCUT2D eigenvalue weighted by Crippen LogP contribution is 2.30. The van der Waals surface area contributed by atoms with Crippen molar-refractivity contribution in [3.8, 4) is 22.4 Å². The second-order valence-corrected chi connectivity index (χ2v) is 5.61. The highest BCUT2D eigenvalue weighted by molar-refractivity contribution is 6.01.